The Balaban J connectivity index is 1.70. The summed E-state index contributed by atoms with van der Waals surface area (Å²) in [5.74, 6) is 1.48. The molecule has 25 heavy (non-hydrogen) atoms. The van der Waals surface area contributed by atoms with Crippen LogP contribution < -0.4 is 15.4 Å². The molecule has 0 bridgehead atoms. The van der Waals surface area contributed by atoms with Crippen molar-refractivity contribution in [3.05, 3.63) is 18.0 Å². The third-order valence-corrected chi connectivity index (χ3v) is 5.25. The van der Waals surface area contributed by atoms with Gasteiger partial charge in [-0.15, -0.1) is 0 Å². The maximum Gasteiger partial charge on any atom is 0.316 e. The molecule has 0 atom stereocenters. The van der Waals surface area contributed by atoms with Gasteiger partial charge >= 0.3 is 6.01 Å². The number of methoxy groups -OCH3 is 1. The highest BCUT2D eigenvalue weighted by molar-refractivity contribution is 7.99. The van der Waals surface area contributed by atoms with Crippen molar-refractivity contribution in [1.82, 2.24) is 20.6 Å². The Morgan fingerprint density at radius 1 is 1.16 bits per heavy atom. The molecule has 2 amide bonds. The van der Waals surface area contributed by atoms with Crippen LogP contribution in [-0.4, -0.2) is 52.5 Å². The monoisotopic (exact) mass is 366 g/mol. The molecule has 0 aliphatic heterocycles. The number of nitrogens with zero attached hydrogens (tertiary/aromatic N) is 2. The number of aromatic nitrogens is 2. The number of rotatable bonds is 8. The van der Waals surface area contributed by atoms with Crippen LogP contribution in [0.25, 0.3) is 0 Å². The summed E-state index contributed by atoms with van der Waals surface area (Å²) in [5.41, 5.74) is 0.421. The van der Waals surface area contributed by atoms with Gasteiger partial charge in [-0.3, -0.25) is 9.59 Å². The van der Waals surface area contributed by atoms with Crippen LogP contribution in [0, 0.1) is 0 Å². The predicted molar refractivity (Wildman–Crippen MR) is 97.9 cm³/mol. The number of carbonyl (C=O) groups excluding carboxylic acids is 2. The fourth-order valence-corrected chi connectivity index (χ4v) is 3.47. The minimum atomic E-state index is -0.175. The normalized spacial score (nSPS) is 19.9. The molecule has 1 aromatic heterocycles. The fourth-order valence-electron chi connectivity index (χ4n) is 2.77. The highest BCUT2D eigenvalue weighted by atomic mass is 32.2. The molecular weight excluding hydrogens is 340 g/mol. The van der Waals surface area contributed by atoms with E-state index < -0.39 is 0 Å². The van der Waals surface area contributed by atoms with Gasteiger partial charge in [0, 0.05) is 24.5 Å². The Morgan fingerprint density at radius 2 is 1.76 bits per heavy atom. The summed E-state index contributed by atoms with van der Waals surface area (Å²) in [7, 11) is 1.48. The molecule has 2 rings (SSSR count). The van der Waals surface area contributed by atoms with Crippen LogP contribution in [0.3, 0.4) is 0 Å². The Kier molecular flexibility index (Phi) is 7.97. The van der Waals surface area contributed by atoms with Gasteiger partial charge in [-0.2, -0.15) is 11.8 Å². The maximum absolute atomic E-state index is 12.2. The summed E-state index contributed by atoms with van der Waals surface area (Å²) < 4.78 is 4.88. The second-order valence-corrected chi connectivity index (χ2v) is 7.21. The van der Waals surface area contributed by atoms with E-state index in [0.717, 1.165) is 37.9 Å². The second-order valence-electron chi connectivity index (χ2n) is 6.10. The Bertz CT molecular complexity index is 560. The summed E-state index contributed by atoms with van der Waals surface area (Å²) in [6.07, 6.45) is 7.48. The lowest BCUT2D eigenvalue weighted by Gasteiger charge is -2.29. The quantitative estimate of drug-likeness (QED) is 0.681. The molecule has 1 fully saturated rings. The van der Waals surface area contributed by atoms with Crippen molar-refractivity contribution in [3.8, 4) is 6.01 Å². The largest absolute Gasteiger partial charge is 0.467 e. The molecule has 0 spiro atoms. The molecule has 2 N–H and O–H groups in total. The Hall–Kier alpha value is -1.83. The highest BCUT2D eigenvalue weighted by Gasteiger charge is 2.24. The average Bonchev–Trinajstić information content (AvgIpc) is 2.63. The van der Waals surface area contributed by atoms with E-state index in [-0.39, 0.29) is 29.9 Å². The summed E-state index contributed by atoms with van der Waals surface area (Å²) in [6.45, 7) is 2.11. The highest BCUT2D eigenvalue weighted by Crippen LogP contribution is 2.19. The first-order valence-electron chi connectivity index (χ1n) is 8.66. The third kappa shape index (κ3) is 6.53. The van der Waals surface area contributed by atoms with Gasteiger partial charge in [0.15, 0.2) is 0 Å². The van der Waals surface area contributed by atoms with Gasteiger partial charge in [0.25, 0.3) is 5.91 Å². The van der Waals surface area contributed by atoms with Gasteiger partial charge in [0.2, 0.25) is 5.91 Å². The summed E-state index contributed by atoms with van der Waals surface area (Å²) in [5, 5.41) is 6.10. The first kappa shape index (κ1) is 19.5. The first-order chi connectivity index (χ1) is 12.1. The van der Waals surface area contributed by atoms with Crippen LogP contribution in [-0.2, 0) is 4.79 Å². The van der Waals surface area contributed by atoms with Crippen LogP contribution in [0.5, 0.6) is 6.01 Å². The van der Waals surface area contributed by atoms with Gasteiger partial charge < -0.3 is 15.4 Å². The zero-order chi connectivity index (χ0) is 18.1. The summed E-state index contributed by atoms with van der Waals surface area (Å²) >= 11 is 1.67. The van der Waals surface area contributed by atoms with Gasteiger partial charge in [0.1, 0.15) is 0 Å². The molecule has 1 saturated carbocycles. The predicted octanol–water partition coefficient (Wildman–Crippen LogP) is 1.79. The summed E-state index contributed by atoms with van der Waals surface area (Å²) in [4.78, 5) is 32.0. The zero-order valence-electron chi connectivity index (χ0n) is 14.8. The van der Waals surface area contributed by atoms with E-state index in [4.69, 9.17) is 4.74 Å². The lowest BCUT2D eigenvalue weighted by molar-refractivity contribution is -0.119. The molecule has 1 heterocycles. The molecule has 7 nitrogen and oxygen atoms in total. The van der Waals surface area contributed by atoms with Crippen molar-refractivity contribution in [2.45, 2.75) is 51.1 Å². The SMILES string of the molecule is CCCSCC(=O)NC1CCC(NC(=O)c2cnc(OC)nc2)CC1. The van der Waals surface area contributed by atoms with Gasteiger partial charge in [0.05, 0.1) is 18.4 Å². The topological polar surface area (TPSA) is 93.2 Å². The number of nitrogens with one attached hydrogen (secondary N) is 2. The molecule has 8 heteroatoms. The van der Waals surface area contributed by atoms with E-state index in [9.17, 15) is 9.59 Å². The smallest absolute Gasteiger partial charge is 0.316 e. The molecular formula is C17H26N4O3S. The minimum absolute atomic E-state index is 0.112. The molecule has 1 aromatic rings. The maximum atomic E-state index is 12.2. The van der Waals surface area contributed by atoms with Crippen molar-refractivity contribution in [2.24, 2.45) is 0 Å². The van der Waals surface area contributed by atoms with Gasteiger partial charge in [-0.05, 0) is 37.9 Å². The van der Waals surface area contributed by atoms with Crippen LogP contribution in [0.1, 0.15) is 49.4 Å². The third-order valence-electron chi connectivity index (χ3n) is 4.08. The van der Waals surface area contributed by atoms with E-state index in [1.54, 1.807) is 11.8 Å². The van der Waals surface area contributed by atoms with E-state index in [2.05, 4.69) is 27.5 Å². The number of carbonyl (C=O) groups is 2. The number of hydrogen-bond acceptors (Lipinski definition) is 6. The summed E-state index contributed by atoms with van der Waals surface area (Å²) in [6, 6.07) is 0.578. The molecule has 0 aromatic carbocycles. The van der Waals surface area contributed by atoms with Crippen LogP contribution in [0.2, 0.25) is 0 Å². The van der Waals surface area contributed by atoms with E-state index in [1.807, 2.05) is 0 Å². The molecule has 0 saturated heterocycles. The second kappa shape index (κ2) is 10.2. The van der Waals surface area contributed by atoms with Gasteiger partial charge in [-0.25, -0.2) is 9.97 Å². The van der Waals surface area contributed by atoms with Crippen molar-refractivity contribution in [1.29, 1.82) is 0 Å². The van der Waals surface area contributed by atoms with E-state index >= 15 is 0 Å². The molecule has 138 valence electrons. The van der Waals surface area contributed by atoms with Crippen LogP contribution in [0.4, 0.5) is 0 Å². The van der Waals surface area contributed by atoms with Crippen LogP contribution in [0.15, 0.2) is 12.4 Å². The fraction of sp³-hybridized carbons (Fsp3) is 0.647. The average molecular weight is 366 g/mol. The molecule has 1 aliphatic carbocycles. The van der Waals surface area contributed by atoms with Gasteiger partial charge in [-0.1, -0.05) is 6.92 Å². The Labute approximate surface area is 152 Å². The lowest BCUT2D eigenvalue weighted by Crippen LogP contribution is -2.44. The lowest BCUT2D eigenvalue weighted by atomic mass is 9.91. The van der Waals surface area contributed by atoms with Crippen LogP contribution >= 0.6 is 11.8 Å². The molecule has 0 radical (unpaired) electrons. The number of amides is 2. The van der Waals surface area contributed by atoms with E-state index in [1.165, 1.54) is 19.5 Å². The number of ether oxygens (including phenoxy) is 1. The number of hydrogen-bond donors (Lipinski definition) is 2. The van der Waals surface area contributed by atoms with Crippen molar-refractivity contribution in [3.63, 3.8) is 0 Å². The molecule has 0 unspecified atom stereocenters. The Morgan fingerprint density at radius 3 is 2.32 bits per heavy atom. The first-order valence-corrected chi connectivity index (χ1v) is 9.81. The van der Waals surface area contributed by atoms with Crippen molar-refractivity contribution >= 4 is 23.6 Å². The van der Waals surface area contributed by atoms with Crippen molar-refractivity contribution in [2.75, 3.05) is 18.6 Å². The molecule has 1 aliphatic rings. The minimum Gasteiger partial charge on any atom is -0.467 e. The standard InChI is InChI=1S/C17H26N4O3S/c1-3-8-25-11-15(22)20-13-4-6-14(7-5-13)21-16(23)12-9-18-17(24-2)19-10-12/h9-10,13-14H,3-8,11H2,1-2H3,(H,20,22)(H,21,23). The number of thioether (sulfide) groups is 1. The zero-order valence-corrected chi connectivity index (χ0v) is 15.6. The van der Waals surface area contributed by atoms with E-state index in [0.29, 0.717) is 11.3 Å². The van der Waals surface area contributed by atoms with Crippen molar-refractivity contribution < 1.29 is 14.3 Å².